The third kappa shape index (κ3) is 4.62. The van der Waals surface area contributed by atoms with Crippen LogP contribution in [0.15, 0.2) is 24.3 Å². The van der Waals surface area contributed by atoms with Crippen LogP contribution >= 0.6 is 0 Å². The van der Waals surface area contributed by atoms with Crippen molar-refractivity contribution < 1.29 is 14.7 Å². The molecule has 5 heteroatoms. The van der Waals surface area contributed by atoms with Crippen LogP contribution in [-0.4, -0.2) is 23.1 Å². The molecule has 0 saturated heterocycles. The lowest BCUT2D eigenvalue weighted by molar-refractivity contribution is -0.139. The van der Waals surface area contributed by atoms with Gasteiger partial charge in [0, 0.05) is 5.69 Å². The van der Waals surface area contributed by atoms with Crippen LogP contribution < -0.4 is 10.6 Å². The maximum Gasteiger partial charge on any atom is 0.326 e. The molecule has 0 aliphatic heterocycles. The zero-order chi connectivity index (χ0) is 14.4. The summed E-state index contributed by atoms with van der Waals surface area (Å²) in [5.74, 6) is -0.666. The van der Waals surface area contributed by atoms with Crippen molar-refractivity contribution in [1.29, 1.82) is 0 Å². The average Bonchev–Trinajstić information content (AvgIpc) is 2.35. The van der Waals surface area contributed by atoms with Gasteiger partial charge in [-0.2, -0.15) is 0 Å². The molecule has 0 aromatic heterocycles. The predicted molar refractivity (Wildman–Crippen MR) is 74.4 cm³/mol. The van der Waals surface area contributed by atoms with Gasteiger partial charge in [0.15, 0.2) is 0 Å². The molecule has 19 heavy (non-hydrogen) atoms. The summed E-state index contributed by atoms with van der Waals surface area (Å²) in [5.41, 5.74) is 1.77. The Morgan fingerprint density at radius 3 is 2.53 bits per heavy atom. The lowest BCUT2D eigenvalue weighted by Gasteiger charge is -2.14. The van der Waals surface area contributed by atoms with E-state index in [-0.39, 0.29) is 0 Å². The Labute approximate surface area is 113 Å². The maximum absolute atomic E-state index is 11.7. The van der Waals surface area contributed by atoms with Crippen LogP contribution in [0.25, 0.3) is 0 Å². The lowest BCUT2D eigenvalue weighted by atomic mass is 10.0. The smallest absolute Gasteiger partial charge is 0.326 e. The lowest BCUT2D eigenvalue weighted by Crippen LogP contribution is -2.42. The van der Waals surface area contributed by atoms with Crippen LogP contribution in [-0.2, 0) is 4.79 Å². The second-order valence-corrected chi connectivity index (χ2v) is 4.68. The highest BCUT2D eigenvalue weighted by atomic mass is 16.4. The molecule has 0 aliphatic carbocycles. The molecule has 3 N–H and O–H groups in total. The minimum absolute atomic E-state index is 0.342. The standard InChI is InChI=1S/C14H20N2O3/c1-4-12(13(17)18)16-14(19)15-11-7-5-6-10(8-11)9(2)3/h5-9,12H,4H2,1-3H3,(H,17,18)(H2,15,16,19). The van der Waals surface area contributed by atoms with E-state index in [1.165, 1.54) is 0 Å². The second kappa shape index (κ2) is 6.78. The number of hydrogen-bond acceptors (Lipinski definition) is 2. The van der Waals surface area contributed by atoms with Crippen molar-refractivity contribution in [2.75, 3.05) is 5.32 Å². The van der Waals surface area contributed by atoms with Crippen LogP contribution in [0.4, 0.5) is 10.5 Å². The van der Waals surface area contributed by atoms with Gasteiger partial charge in [0.25, 0.3) is 0 Å². The summed E-state index contributed by atoms with van der Waals surface area (Å²) in [5, 5.41) is 13.9. The Balaban J connectivity index is 2.66. The number of carboxylic acid groups (broad SMARTS) is 1. The summed E-state index contributed by atoms with van der Waals surface area (Å²) in [6.45, 7) is 5.84. The first-order valence-corrected chi connectivity index (χ1v) is 6.34. The van der Waals surface area contributed by atoms with Crippen molar-refractivity contribution in [3.05, 3.63) is 29.8 Å². The number of amides is 2. The van der Waals surface area contributed by atoms with Crippen molar-refractivity contribution in [3.63, 3.8) is 0 Å². The Bertz CT molecular complexity index is 458. The minimum atomic E-state index is -1.03. The van der Waals surface area contributed by atoms with Crippen LogP contribution in [0, 0.1) is 0 Å². The van der Waals surface area contributed by atoms with Crippen molar-refractivity contribution in [2.24, 2.45) is 0 Å². The third-order valence-electron chi connectivity index (χ3n) is 2.82. The van der Waals surface area contributed by atoms with Gasteiger partial charge in [-0.05, 0) is 30.0 Å². The van der Waals surface area contributed by atoms with Gasteiger partial charge in [0.2, 0.25) is 0 Å². The number of rotatable bonds is 5. The number of urea groups is 1. The second-order valence-electron chi connectivity index (χ2n) is 4.68. The third-order valence-corrected chi connectivity index (χ3v) is 2.82. The largest absolute Gasteiger partial charge is 0.480 e. The van der Waals surface area contributed by atoms with E-state index in [1.807, 2.05) is 18.2 Å². The normalized spacial score (nSPS) is 12.0. The van der Waals surface area contributed by atoms with E-state index < -0.39 is 18.0 Å². The number of benzene rings is 1. The van der Waals surface area contributed by atoms with E-state index in [4.69, 9.17) is 5.11 Å². The molecule has 1 unspecified atom stereocenters. The van der Waals surface area contributed by atoms with Crippen molar-refractivity contribution >= 4 is 17.7 Å². The quantitative estimate of drug-likeness (QED) is 0.765. The monoisotopic (exact) mass is 264 g/mol. The number of carbonyl (C=O) groups excluding carboxylic acids is 1. The molecule has 1 aromatic rings. The molecule has 1 rings (SSSR count). The summed E-state index contributed by atoms with van der Waals surface area (Å²) in [4.78, 5) is 22.5. The van der Waals surface area contributed by atoms with E-state index in [0.717, 1.165) is 5.56 Å². The van der Waals surface area contributed by atoms with E-state index in [2.05, 4.69) is 24.5 Å². The highest BCUT2D eigenvalue weighted by Crippen LogP contribution is 2.18. The number of nitrogens with one attached hydrogen (secondary N) is 2. The topological polar surface area (TPSA) is 78.4 Å². The zero-order valence-electron chi connectivity index (χ0n) is 11.4. The summed E-state index contributed by atoms with van der Waals surface area (Å²) >= 11 is 0. The first-order valence-electron chi connectivity index (χ1n) is 6.34. The van der Waals surface area contributed by atoms with E-state index in [9.17, 15) is 9.59 Å². The summed E-state index contributed by atoms with van der Waals surface area (Å²) in [6.07, 6.45) is 0.342. The molecule has 0 heterocycles. The fraction of sp³-hybridized carbons (Fsp3) is 0.429. The first kappa shape index (κ1) is 15.0. The predicted octanol–water partition coefficient (Wildman–Crippen LogP) is 2.79. The molecule has 1 atom stereocenters. The fourth-order valence-electron chi connectivity index (χ4n) is 1.64. The Hall–Kier alpha value is -2.04. The van der Waals surface area contributed by atoms with Crippen LogP contribution in [0.5, 0.6) is 0 Å². The van der Waals surface area contributed by atoms with Gasteiger partial charge in [-0.15, -0.1) is 0 Å². The van der Waals surface area contributed by atoms with E-state index in [0.29, 0.717) is 18.0 Å². The molecule has 0 spiro atoms. The first-order chi connectivity index (χ1) is 8.93. The van der Waals surface area contributed by atoms with Crippen molar-refractivity contribution in [1.82, 2.24) is 5.32 Å². The molecule has 5 nitrogen and oxygen atoms in total. The number of anilines is 1. The highest BCUT2D eigenvalue weighted by molar-refractivity contribution is 5.92. The molecule has 0 aliphatic rings. The van der Waals surface area contributed by atoms with Crippen LogP contribution in [0.2, 0.25) is 0 Å². The van der Waals surface area contributed by atoms with Crippen LogP contribution in [0.3, 0.4) is 0 Å². The SMILES string of the molecule is CCC(NC(=O)Nc1cccc(C(C)C)c1)C(=O)O. The number of aliphatic carboxylic acids is 1. The summed E-state index contributed by atoms with van der Waals surface area (Å²) in [7, 11) is 0. The maximum atomic E-state index is 11.7. The molecular formula is C14H20N2O3. The highest BCUT2D eigenvalue weighted by Gasteiger charge is 2.17. The Morgan fingerprint density at radius 2 is 2.00 bits per heavy atom. The van der Waals surface area contributed by atoms with Gasteiger partial charge in [0.1, 0.15) is 6.04 Å². The van der Waals surface area contributed by atoms with Gasteiger partial charge in [0.05, 0.1) is 0 Å². The molecule has 0 radical (unpaired) electrons. The number of carbonyl (C=O) groups is 2. The molecule has 0 fully saturated rings. The van der Waals surface area contributed by atoms with Crippen molar-refractivity contribution in [2.45, 2.75) is 39.2 Å². The van der Waals surface area contributed by atoms with Gasteiger partial charge >= 0.3 is 12.0 Å². The van der Waals surface area contributed by atoms with E-state index in [1.54, 1.807) is 13.0 Å². The van der Waals surface area contributed by atoms with Gasteiger partial charge in [-0.25, -0.2) is 9.59 Å². The van der Waals surface area contributed by atoms with Crippen LogP contribution in [0.1, 0.15) is 38.7 Å². The Morgan fingerprint density at radius 1 is 1.32 bits per heavy atom. The molecular weight excluding hydrogens is 244 g/mol. The molecule has 0 saturated carbocycles. The average molecular weight is 264 g/mol. The fourth-order valence-corrected chi connectivity index (χ4v) is 1.64. The van der Waals surface area contributed by atoms with Gasteiger partial charge < -0.3 is 15.7 Å². The van der Waals surface area contributed by atoms with Crippen molar-refractivity contribution in [3.8, 4) is 0 Å². The van der Waals surface area contributed by atoms with Gasteiger partial charge in [-0.1, -0.05) is 32.9 Å². The Kier molecular flexibility index (Phi) is 5.36. The molecule has 0 bridgehead atoms. The molecule has 104 valence electrons. The number of carboxylic acids is 1. The summed E-state index contributed by atoms with van der Waals surface area (Å²) < 4.78 is 0. The molecule has 2 amide bonds. The minimum Gasteiger partial charge on any atom is -0.480 e. The van der Waals surface area contributed by atoms with E-state index >= 15 is 0 Å². The zero-order valence-corrected chi connectivity index (χ0v) is 11.4. The number of hydrogen-bond donors (Lipinski definition) is 3. The van der Waals surface area contributed by atoms with Gasteiger partial charge in [-0.3, -0.25) is 0 Å². The molecule has 1 aromatic carbocycles. The summed E-state index contributed by atoms with van der Waals surface area (Å²) in [6, 6.07) is 6.13.